The lowest BCUT2D eigenvalue weighted by molar-refractivity contribution is 0.0734. The summed E-state index contributed by atoms with van der Waals surface area (Å²) in [7, 11) is -3.72. The highest BCUT2D eigenvalue weighted by atomic mass is 32.2. The number of sulfonamides is 1. The predicted molar refractivity (Wildman–Crippen MR) is 129 cm³/mol. The minimum Gasteiger partial charge on any atom is -0.423 e. The van der Waals surface area contributed by atoms with Crippen molar-refractivity contribution in [3.05, 3.63) is 120 Å². The van der Waals surface area contributed by atoms with Gasteiger partial charge < -0.3 is 10.1 Å². The van der Waals surface area contributed by atoms with Crippen LogP contribution in [0, 0.1) is 0 Å². The predicted octanol–water partition coefficient (Wildman–Crippen LogP) is 4.96. The summed E-state index contributed by atoms with van der Waals surface area (Å²) in [6, 6.07) is 29.1. The Bertz CT molecular complexity index is 1390. The van der Waals surface area contributed by atoms with Crippen LogP contribution in [0.4, 0.5) is 11.4 Å². The minimum absolute atomic E-state index is 0.141. The number of hydrogen-bond acceptors (Lipinski definition) is 5. The maximum atomic E-state index is 12.4. The Labute approximate surface area is 197 Å². The van der Waals surface area contributed by atoms with E-state index in [1.807, 2.05) is 6.07 Å². The van der Waals surface area contributed by atoms with Gasteiger partial charge >= 0.3 is 5.97 Å². The van der Waals surface area contributed by atoms with Crippen molar-refractivity contribution in [1.29, 1.82) is 0 Å². The normalized spacial score (nSPS) is 10.8. The second kappa shape index (κ2) is 10.0. The lowest BCUT2D eigenvalue weighted by Gasteiger charge is -2.09. The average molecular weight is 473 g/mol. The van der Waals surface area contributed by atoms with Crippen molar-refractivity contribution in [2.24, 2.45) is 0 Å². The molecule has 0 aromatic heterocycles. The van der Waals surface area contributed by atoms with Crippen LogP contribution in [0.3, 0.4) is 0 Å². The van der Waals surface area contributed by atoms with Crippen LogP contribution in [-0.4, -0.2) is 20.3 Å². The summed E-state index contributed by atoms with van der Waals surface area (Å²) in [5.41, 5.74) is 1.67. The van der Waals surface area contributed by atoms with Gasteiger partial charge in [-0.05, 0) is 72.8 Å². The molecule has 8 heteroatoms. The summed E-state index contributed by atoms with van der Waals surface area (Å²) in [5.74, 6) is -0.538. The standard InChI is InChI=1S/C26H20N2O5S/c29-25(19-7-3-1-4-8-19)27-21-15-17-23(18-16-21)33-26(30)20-11-13-22(14-12-20)28-34(31,32)24-9-5-2-6-10-24/h1-18,28H,(H,27,29). The molecule has 2 N–H and O–H groups in total. The van der Waals surface area contributed by atoms with Crippen LogP contribution in [0.15, 0.2) is 114 Å². The fourth-order valence-electron chi connectivity index (χ4n) is 3.05. The second-order valence-corrected chi connectivity index (χ2v) is 8.91. The summed E-state index contributed by atoms with van der Waals surface area (Å²) in [6.45, 7) is 0. The highest BCUT2D eigenvalue weighted by Crippen LogP contribution is 2.20. The van der Waals surface area contributed by atoms with E-state index in [1.165, 1.54) is 36.4 Å². The lowest BCUT2D eigenvalue weighted by atomic mass is 10.2. The first-order chi connectivity index (χ1) is 16.4. The monoisotopic (exact) mass is 472 g/mol. The van der Waals surface area contributed by atoms with Crippen LogP contribution in [0.2, 0.25) is 0 Å². The van der Waals surface area contributed by atoms with E-state index in [-0.39, 0.29) is 16.4 Å². The van der Waals surface area contributed by atoms with Crippen molar-refractivity contribution in [3.63, 3.8) is 0 Å². The summed E-state index contributed by atoms with van der Waals surface area (Å²) in [6.07, 6.45) is 0. The van der Waals surface area contributed by atoms with E-state index in [0.29, 0.717) is 22.7 Å². The number of hydrogen-bond donors (Lipinski definition) is 2. The number of anilines is 2. The van der Waals surface area contributed by atoms with Crippen LogP contribution in [0.5, 0.6) is 5.75 Å². The van der Waals surface area contributed by atoms with Gasteiger partial charge in [0.05, 0.1) is 10.5 Å². The van der Waals surface area contributed by atoms with Gasteiger partial charge in [0.1, 0.15) is 5.75 Å². The quantitative estimate of drug-likeness (QED) is 0.292. The number of carbonyl (C=O) groups is 2. The van der Waals surface area contributed by atoms with Gasteiger partial charge in [0, 0.05) is 16.9 Å². The molecule has 0 fully saturated rings. The number of benzene rings is 4. The van der Waals surface area contributed by atoms with Crippen molar-refractivity contribution in [3.8, 4) is 5.75 Å². The molecule has 34 heavy (non-hydrogen) atoms. The molecule has 0 spiro atoms. The Balaban J connectivity index is 1.36. The second-order valence-electron chi connectivity index (χ2n) is 7.23. The summed E-state index contributed by atoms with van der Waals surface area (Å²) < 4.78 is 32.6. The molecule has 0 unspecified atom stereocenters. The van der Waals surface area contributed by atoms with Crippen molar-refractivity contribution in [2.45, 2.75) is 4.90 Å². The molecule has 4 rings (SSSR count). The third-order valence-corrected chi connectivity index (χ3v) is 6.18. The number of rotatable bonds is 7. The van der Waals surface area contributed by atoms with E-state index >= 15 is 0 Å². The molecule has 0 aliphatic carbocycles. The van der Waals surface area contributed by atoms with E-state index in [0.717, 1.165) is 0 Å². The molecule has 1 amide bonds. The van der Waals surface area contributed by atoms with Crippen molar-refractivity contribution >= 4 is 33.3 Å². The number of esters is 1. The van der Waals surface area contributed by atoms with Gasteiger partial charge in [0.15, 0.2) is 0 Å². The summed E-state index contributed by atoms with van der Waals surface area (Å²) >= 11 is 0. The Morgan fingerprint density at radius 3 is 1.79 bits per heavy atom. The molecule has 0 atom stereocenters. The highest BCUT2D eigenvalue weighted by Gasteiger charge is 2.14. The Hall–Kier alpha value is -4.43. The maximum absolute atomic E-state index is 12.4. The maximum Gasteiger partial charge on any atom is 0.343 e. The zero-order valence-corrected chi connectivity index (χ0v) is 18.7. The van der Waals surface area contributed by atoms with E-state index in [9.17, 15) is 18.0 Å². The van der Waals surface area contributed by atoms with Crippen LogP contribution < -0.4 is 14.8 Å². The van der Waals surface area contributed by atoms with Crippen LogP contribution in [0.1, 0.15) is 20.7 Å². The molecule has 0 bridgehead atoms. The smallest absolute Gasteiger partial charge is 0.343 e. The van der Waals surface area contributed by atoms with Gasteiger partial charge in [-0.3, -0.25) is 9.52 Å². The van der Waals surface area contributed by atoms with Gasteiger partial charge in [-0.1, -0.05) is 36.4 Å². The first-order valence-electron chi connectivity index (χ1n) is 10.3. The van der Waals surface area contributed by atoms with Gasteiger partial charge in [-0.15, -0.1) is 0 Å². The molecule has 0 aliphatic rings. The van der Waals surface area contributed by atoms with Gasteiger partial charge in [-0.2, -0.15) is 0 Å². The molecule has 0 radical (unpaired) electrons. The summed E-state index contributed by atoms with van der Waals surface area (Å²) in [5, 5.41) is 2.77. The van der Waals surface area contributed by atoms with Gasteiger partial charge in [-0.25, -0.2) is 13.2 Å². The van der Waals surface area contributed by atoms with E-state index in [1.54, 1.807) is 66.7 Å². The molecule has 170 valence electrons. The zero-order chi connectivity index (χ0) is 24.0. The molecule has 0 heterocycles. The van der Waals surface area contributed by atoms with Crippen molar-refractivity contribution < 1.29 is 22.7 Å². The van der Waals surface area contributed by atoms with Gasteiger partial charge in [0.25, 0.3) is 15.9 Å². The third-order valence-electron chi connectivity index (χ3n) is 4.79. The largest absolute Gasteiger partial charge is 0.423 e. The highest BCUT2D eigenvalue weighted by molar-refractivity contribution is 7.92. The topological polar surface area (TPSA) is 102 Å². The minimum atomic E-state index is -3.72. The summed E-state index contributed by atoms with van der Waals surface area (Å²) in [4.78, 5) is 24.8. The number of nitrogens with one attached hydrogen (secondary N) is 2. The molecule has 0 aliphatic heterocycles. The fraction of sp³-hybridized carbons (Fsp3) is 0. The zero-order valence-electron chi connectivity index (χ0n) is 17.8. The molecule has 7 nitrogen and oxygen atoms in total. The SMILES string of the molecule is O=C(Nc1ccc(OC(=O)c2ccc(NS(=O)(=O)c3ccccc3)cc2)cc1)c1ccccc1. The van der Waals surface area contributed by atoms with Crippen LogP contribution >= 0.6 is 0 Å². The molecule has 4 aromatic carbocycles. The van der Waals surface area contributed by atoms with E-state index in [4.69, 9.17) is 4.74 Å². The fourth-order valence-corrected chi connectivity index (χ4v) is 4.13. The Kier molecular flexibility index (Phi) is 6.70. The van der Waals surface area contributed by atoms with Crippen molar-refractivity contribution in [1.82, 2.24) is 0 Å². The Morgan fingerprint density at radius 1 is 0.618 bits per heavy atom. The van der Waals surface area contributed by atoms with E-state index < -0.39 is 16.0 Å². The number of ether oxygens (including phenoxy) is 1. The molecule has 0 saturated carbocycles. The molecular weight excluding hydrogens is 452 g/mol. The molecule has 4 aromatic rings. The average Bonchev–Trinajstić information content (AvgIpc) is 2.86. The van der Waals surface area contributed by atoms with Crippen molar-refractivity contribution in [2.75, 3.05) is 10.0 Å². The Morgan fingerprint density at radius 2 is 1.18 bits per heavy atom. The number of amides is 1. The van der Waals surface area contributed by atoms with Crippen LogP contribution in [-0.2, 0) is 10.0 Å². The number of carbonyl (C=O) groups excluding carboxylic acids is 2. The van der Waals surface area contributed by atoms with Crippen LogP contribution in [0.25, 0.3) is 0 Å². The first kappa shape index (κ1) is 22.8. The third kappa shape index (κ3) is 5.67. The molecule has 0 saturated heterocycles. The molecular formula is C26H20N2O5S. The first-order valence-corrected chi connectivity index (χ1v) is 11.8. The lowest BCUT2D eigenvalue weighted by Crippen LogP contribution is -2.13. The van der Waals surface area contributed by atoms with E-state index in [2.05, 4.69) is 10.0 Å². The van der Waals surface area contributed by atoms with Gasteiger partial charge in [0.2, 0.25) is 0 Å².